The maximum Gasteiger partial charge on any atom is 0.341 e. The number of methoxy groups -OCH3 is 1. The number of nitriles is 1. The molecule has 1 aromatic rings. The minimum Gasteiger partial charge on any atom is -0.489 e. The Labute approximate surface area is 113 Å². The highest BCUT2D eigenvalue weighted by atomic mass is 79.9. The van der Waals surface area contributed by atoms with Crippen LogP contribution in [-0.4, -0.2) is 30.4 Å². The van der Waals surface area contributed by atoms with Gasteiger partial charge in [0.15, 0.2) is 5.60 Å². The van der Waals surface area contributed by atoms with Gasteiger partial charge in [-0.2, -0.15) is 5.26 Å². The van der Waals surface area contributed by atoms with E-state index in [0.29, 0.717) is 11.3 Å². The number of hydrogen-bond acceptors (Lipinski definition) is 5. The van der Waals surface area contributed by atoms with Gasteiger partial charge >= 0.3 is 5.97 Å². The number of benzene rings is 1. The Bertz CT molecular complexity index is 493. The van der Waals surface area contributed by atoms with E-state index in [1.54, 1.807) is 18.2 Å². The van der Waals surface area contributed by atoms with E-state index in [9.17, 15) is 9.90 Å². The fourth-order valence-corrected chi connectivity index (χ4v) is 1.57. The van der Waals surface area contributed by atoms with Gasteiger partial charge in [-0.15, -0.1) is 0 Å². The van der Waals surface area contributed by atoms with E-state index in [1.807, 2.05) is 6.07 Å². The summed E-state index contributed by atoms with van der Waals surface area (Å²) in [5.41, 5.74) is -1.45. The van der Waals surface area contributed by atoms with Gasteiger partial charge in [0.2, 0.25) is 0 Å². The first kappa shape index (κ1) is 14.5. The lowest BCUT2D eigenvalue weighted by atomic mass is 10.1. The van der Waals surface area contributed by atoms with Gasteiger partial charge in [0.25, 0.3) is 0 Å². The van der Waals surface area contributed by atoms with Crippen molar-refractivity contribution in [3.63, 3.8) is 0 Å². The van der Waals surface area contributed by atoms with E-state index >= 15 is 0 Å². The molecule has 1 rings (SSSR count). The lowest BCUT2D eigenvalue weighted by Crippen LogP contribution is -2.42. The molecule has 6 heteroatoms. The second-order valence-electron chi connectivity index (χ2n) is 3.81. The molecule has 1 unspecified atom stereocenters. The molecule has 0 aliphatic heterocycles. The maximum absolute atomic E-state index is 11.2. The molecular weight excluding hydrogens is 302 g/mol. The molecule has 1 aromatic carbocycles. The number of esters is 1. The van der Waals surface area contributed by atoms with Crippen LogP contribution in [0.2, 0.25) is 0 Å². The third-order valence-electron chi connectivity index (χ3n) is 2.20. The molecule has 0 aliphatic carbocycles. The van der Waals surface area contributed by atoms with Gasteiger partial charge < -0.3 is 14.6 Å². The number of nitrogens with zero attached hydrogens (tertiary/aromatic N) is 1. The Hall–Kier alpha value is -1.58. The third-order valence-corrected chi connectivity index (χ3v) is 2.69. The van der Waals surface area contributed by atoms with Gasteiger partial charge in [-0.3, -0.25) is 0 Å². The predicted octanol–water partition coefficient (Wildman–Crippen LogP) is 1.62. The molecule has 0 spiro atoms. The number of carbonyl (C=O) groups excluding carboxylic acids is 1. The molecule has 0 aliphatic rings. The Morgan fingerprint density at radius 3 is 2.83 bits per heavy atom. The molecule has 0 bridgehead atoms. The molecule has 0 radical (unpaired) electrons. The van der Waals surface area contributed by atoms with E-state index in [2.05, 4.69) is 20.7 Å². The van der Waals surface area contributed by atoms with Crippen LogP contribution in [0.25, 0.3) is 0 Å². The number of carbonyl (C=O) groups is 1. The summed E-state index contributed by atoms with van der Waals surface area (Å²) in [5.74, 6) is -0.497. The van der Waals surface area contributed by atoms with Crippen LogP contribution >= 0.6 is 15.9 Å². The molecule has 0 fully saturated rings. The van der Waals surface area contributed by atoms with E-state index in [-0.39, 0.29) is 6.61 Å². The average molecular weight is 314 g/mol. The van der Waals surface area contributed by atoms with Gasteiger partial charge in [-0.1, -0.05) is 15.9 Å². The summed E-state index contributed by atoms with van der Waals surface area (Å²) in [5, 5.41) is 18.7. The van der Waals surface area contributed by atoms with E-state index in [4.69, 9.17) is 10.00 Å². The van der Waals surface area contributed by atoms with Crippen molar-refractivity contribution in [2.24, 2.45) is 0 Å². The summed E-state index contributed by atoms with van der Waals surface area (Å²) >= 11 is 3.23. The van der Waals surface area contributed by atoms with Gasteiger partial charge in [-0.05, 0) is 25.1 Å². The van der Waals surface area contributed by atoms with Crippen LogP contribution < -0.4 is 4.74 Å². The van der Waals surface area contributed by atoms with Crippen molar-refractivity contribution in [2.75, 3.05) is 13.7 Å². The van der Waals surface area contributed by atoms with Crippen LogP contribution in [0.4, 0.5) is 0 Å². The van der Waals surface area contributed by atoms with Crippen LogP contribution in [0.3, 0.4) is 0 Å². The van der Waals surface area contributed by atoms with Crippen molar-refractivity contribution < 1.29 is 19.4 Å². The van der Waals surface area contributed by atoms with Gasteiger partial charge in [0.1, 0.15) is 18.4 Å². The molecule has 96 valence electrons. The van der Waals surface area contributed by atoms with Crippen molar-refractivity contribution in [1.29, 1.82) is 5.26 Å². The van der Waals surface area contributed by atoms with Crippen molar-refractivity contribution in [1.82, 2.24) is 0 Å². The molecule has 0 saturated carbocycles. The molecular formula is C12H12BrNO4. The lowest BCUT2D eigenvalue weighted by molar-refractivity contribution is -0.163. The smallest absolute Gasteiger partial charge is 0.341 e. The molecule has 0 aromatic heterocycles. The zero-order chi connectivity index (χ0) is 13.8. The zero-order valence-electron chi connectivity index (χ0n) is 9.94. The molecule has 0 saturated heterocycles. The van der Waals surface area contributed by atoms with Crippen molar-refractivity contribution in [3.05, 3.63) is 28.2 Å². The van der Waals surface area contributed by atoms with Gasteiger partial charge in [0, 0.05) is 4.47 Å². The molecule has 0 amide bonds. The number of rotatable bonds is 4. The van der Waals surface area contributed by atoms with Crippen LogP contribution in [0.1, 0.15) is 12.5 Å². The Balaban J connectivity index is 2.81. The SMILES string of the molecule is COC(=O)C(C)(O)COc1ccc(Br)cc1C#N. The summed E-state index contributed by atoms with van der Waals surface area (Å²) in [4.78, 5) is 11.2. The minimum absolute atomic E-state index is 0.296. The molecule has 0 heterocycles. The first-order valence-corrected chi connectivity index (χ1v) is 5.83. The molecule has 1 atom stereocenters. The largest absolute Gasteiger partial charge is 0.489 e. The van der Waals surface area contributed by atoms with Gasteiger partial charge in [0.05, 0.1) is 12.7 Å². The van der Waals surface area contributed by atoms with Gasteiger partial charge in [-0.25, -0.2) is 4.79 Å². The Morgan fingerprint density at radius 1 is 1.61 bits per heavy atom. The predicted molar refractivity (Wildman–Crippen MR) is 67.0 cm³/mol. The van der Waals surface area contributed by atoms with E-state index < -0.39 is 11.6 Å². The fourth-order valence-electron chi connectivity index (χ4n) is 1.21. The number of aliphatic hydroxyl groups is 1. The van der Waals surface area contributed by atoms with Crippen molar-refractivity contribution >= 4 is 21.9 Å². The van der Waals surface area contributed by atoms with Crippen LogP contribution in [0, 0.1) is 11.3 Å². The summed E-state index contributed by atoms with van der Waals surface area (Å²) in [6.07, 6.45) is 0. The standard InChI is InChI=1S/C12H12BrNO4/c1-12(16,11(15)17-2)7-18-10-4-3-9(13)5-8(10)6-14/h3-5,16H,7H2,1-2H3. The first-order chi connectivity index (χ1) is 8.40. The van der Waals surface area contributed by atoms with Crippen molar-refractivity contribution in [2.45, 2.75) is 12.5 Å². The summed E-state index contributed by atoms with van der Waals surface area (Å²) in [7, 11) is 1.18. The zero-order valence-corrected chi connectivity index (χ0v) is 11.5. The maximum atomic E-state index is 11.2. The Morgan fingerprint density at radius 2 is 2.28 bits per heavy atom. The first-order valence-electron chi connectivity index (χ1n) is 5.04. The van der Waals surface area contributed by atoms with Crippen molar-refractivity contribution in [3.8, 4) is 11.8 Å². The molecule has 1 N–H and O–H groups in total. The van der Waals surface area contributed by atoms with Crippen LogP contribution in [0.5, 0.6) is 5.75 Å². The fraction of sp³-hybridized carbons (Fsp3) is 0.333. The Kier molecular flexibility index (Phi) is 4.70. The minimum atomic E-state index is -1.76. The highest BCUT2D eigenvalue weighted by molar-refractivity contribution is 9.10. The molecule has 5 nitrogen and oxygen atoms in total. The monoisotopic (exact) mass is 313 g/mol. The normalized spacial score (nSPS) is 13.3. The topological polar surface area (TPSA) is 79.6 Å². The van der Waals surface area contributed by atoms with E-state index in [1.165, 1.54) is 14.0 Å². The highest BCUT2D eigenvalue weighted by Crippen LogP contribution is 2.23. The third kappa shape index (κ3) is 3.45. The quantitative estimate of drug-likeness (QED) is 0.854. The van der Waals surface area contributed by atoms with Crippen LogP contribution in [0.15, 0.2) is 22.7 Å². The highest BCUT2D eigenvalue weighted by Gasteiger charge is 2.32. The summed E-state index contributed by atoms with van der Waals surface area (Å²) < 4.78 is 10.5. The second kappa shape index (κ2) is 5.85. The summed E-state index contributed by atoms with van der Waals surface area (Å²) in [6.45, 7) is 0.986. The number of ether oxygens (including phenoxy) is 2. The average Bonchev–Trinajstić information content (AvgIpc) is 2.36. The summed E-state index contributed by atoms with van der Waals surface area (Å²) in [6, 6.07) is 6.83. The number of halogens is 1. The van der Waals surface area contributed by atoms with E-state index in [0.717, 1.165) is 4.47 Å². The number of hydrogen-bond donors (Lipinski definition) is 1. The van der Waals surface area contributed by atoms with Crippen LogP contribution in [-0.2, 0) is 9.53 Å². The second-order valence-corrected chi connectivity index (χ2v) is 4.72. The lowest BCUT2D eigenvalue weighted by Gasteiger charge is -2.20. The molecule has 18 heavy (non-hydrogen) atoms.